The van der Waals surface area contributed by atoms with E-state index in [1.54, 1.807) is 12.4 Å². The molecule has 1 unspecified atom stereocenters. The zero-order valence-electron chi connectivity index (χ0n) is 6.06. The molecule has 0 aromatic carbocycles. The quantitative estimate of drug-likeness (QED) is 0.602. The number of rotatable bonds is 1. The molecule has 0 saturated carbocycles. The van der Waals surface area contributed by atoms with Gasteiger partial charge in [0.25, 0.3) is 0 Å². The van der Waals surface area contributed by atoms with Crippen LogP contribution in [0, 0.1) is 0 Å². The second-order valence-electron chi connectivity index (χ2n) is 2.42. The van der Waals surface area contributed by atoms with Crippen LogP contribution >= 0.6 is 0 Å². The smallest absolute Gasteiger partial charge is 0.147 e. The van der Waals surface area contributed by atoms with Crippen LogP contribution in [0.2, 0.25) is 0 Å². The molecule has 3 heteroatoms. The Hall–Kier alpha value is -0.930. The van der Waals surface area contributed by atoms with Crippen molar-refractivity contribution in [2.75, 3.05) is 13.4 Å². The molecule has 0 amide bonds. The van der Waals surface area contributed by atoms with Crippen molar-refractivity contribution in [2.24, 2.45) is 0 Å². The topological polar surface area (TPSA) is 31.4 Å². The van der Waals surface area contributed by atoms with E-state index in [1.807, 2.05) is 12.1 Å². The van der Waals surface area contributed by atoms with Crippen molar-refractivity contribution in [3.8, 4) is 0 Å². The molecule has 0 radical (unpaired) electrons. The van der Waals surface area contributed by atoms with E-state index >= 15 is 0 Å². The summed E-state index contributed by atoms with van der Waals surface area (Å²) in [6.45, 7) is 1.07. The number of pyridine rings is 1. The van der Waals surface area contributed by atoms with Crippen LogP contribution in [0.1, 0.15) is 11.7 Å². The van der Waals surface area contributed by atoms with E-state index in [2.05, 4.69) is 4.98 Å². The SMILES string of the molecule is c1cc(C2COCO2)ccn1. The molecule has 1 saturated heterocycles. The molecule has 1 atom stereocenters. The lowest BCUT2D eigenvalue weighted by atomic mass is 10.2. The van der Waals surface area contributed by atoms with Gasteiger partial charge < -0.3 is 9.47 Å². The van der Waals surface area contributed by atoms with Crippen LogP contribution in [0.25, 0.3) is 0 Å². The van der Waals surface area contributed by atoms with Gasteiger partial charge in [-0.1, -0.05) is 0 Å². The number of ether oxygens (including phenoxy) is 2. The first-order valence-corrected chi connectivity index (χ1v) is 3.56. The highest BCUT2D eigenvalue weighted by atomic mass is 16.7. The fraction of sp³-hybridized carbons (Fsp3) is 0.375. The van der Waals surface area contributed by atoms with E-state index in [0.717, 1.165) is 5.56 Å². The van der Waals surface area contributed by atoms with Gasteiger partial charge in [-0.2, -0.15) is 0 Å². The van der Waals surface area contributed by atoms with E-state index in [1.165, 1.54) is 0 Å². The molecule has 1 fully saturated rings. The highest BCUT2D eigenvalue weighted by molar-refractivity contribution is 5.13. The fourth-order valence-electron chi connectivity index (χ4n) is 1.10. The molecule has 0 N–H and O–H groups in total. The number of hydrogen-bond acceptors (Lipinski definition) is 3. The molecule has 58 valence electrons. The average molecular weight is 151 g/mol. The summed E-state index contributed by atoms with van der Waals surface area (Å²) in [6.07, 6.45) is 3.63. The largest absolute Gasteiger partial charge is 0.352 e. The maximum Gasteiger partial charge on any atom is 0.147 e. The summed E-state index contributed by atoms with van der Waals surface area (Å²) in [5.41, 5.74) is 1.14. The Morgan fingerprint density at radius 2 is 2.18 bits per heavy atom. The summed E-state index contributed by atoms with van der Waals surface area (Å²) in [6, 6.07) is 3.89. The maximum atomic E-state index is 5.29. The van der Waals surface area contributed by atoms with E-state index in [4.69, 9.17) is 9.47 Å². The number of nitrogens with zero attached hydrogens (tertiary/aromatic N) is 1. The van der Waals surface area contributed by atoms with Gasteiger partial charge in [-0.25, -0.2) is 0 Å². The molecule has 0 bridgehead atoms. The zero-order valence-corrected chi connectivity index (χ0v) is 6.06. The minimum atomic E-state index is 0.109. The van der Waals surface area contributed by atoms with Gasteiger partial charge in [-0.05, 0) is 17.7 Å². The van der Waals surface area contributed by atoms with E-state index in [-0.39, 0.29) is 6.10 Å². The van der Waals surface area contributed by atoms with Gasteiger partial charge in [0.15, 0.2) is 0 Å². The number of aromatic nitrogens is 1. The highest BCUT2D eigenvalue weighted by Crippen LogP contribution is 2.20. The first-order valence-electron chi connectivity index (χ1n) is 3.56. The molecular formula is C8H9NO2. The summed E-state index contributed by atoms with van der Waals surface area (Å²) in [7, 11) is 0. The minimum Gasteiger partial charge on any atom is -0.352 e. The molecular weight excluding hydrogens is 142 g/mol. The first kappa shape index (κ1) is 6.76. The third kappa shape index (κ3) is 1.39. The van der Waals surface area contributed by atoms with Gasteiger partial charge in [0, 0.05) is 12.4 Å². The van der Waals surface area contributed by atoms with Crippen molar-refractivity contribution in [2.45, 2.75) is 6.10 Å². The van der Waals surface area contributed by atoms with Crippen LogP contribution < -0.4 is 0 Å². The lowest BCUT2D eigenvalue weighted by molar-refractivity contribution is 0.0465. The molecule has 0 spiro atoms. The van der Waals surface area contributed by atoms with E-state index < -0.39 is 0 Å². The predicted octanol–water partition coefficient (Wildman–Crippen LogP) is 1.13. The second-order valence-corrected chi connectivity index (χ2v) is 2.42. The Labute approximate surface area is 65.0 Å². The molecule has 0 aliphatic carbocycles. The third-order valence-corrected chi connectivity index (χ3v) is 1.70. The Morgan fingerprint density at radius 1 is 1.36 bits per heavy atom. The fourth-order valence-corrected chi connectivity index (χ4v) is 1.10. The Kier molecular flexibility index (Phi) is 1.83. The standard InChI is InChI=1S/C8H9NO2/c1-3-9-4-2-7(1)8-5-10-6-11-8/h1-4,8H,5-6H2. The van der Waals surface area contributed by atoms with E-state index in [0.29, 0.717) is 13.4 Å². The van der Waals surface area contributed by atoms with Crippen LogP contribution in [0.15, 0.2) is 24.5 Å². The van der Waals surface area contributed by atoms with Crippen molar-refractivity contribution < 1.29 is 9.47 Å². The third-order valence-electron chi connectivity index (χ3n) is 1.70. The molecule has 3 nitrogen and oxygen atoms in total. The van der Waals surface area contributed by atoms with Gasteiger partial charge in [0.05, 0.1) is 6.61 Å². The maximum absolute atomic E-state index is 5.29. The van der Waals surface area contributed by atoms with Crippen molar-refractivity contribution in [3.05, 3.63) is 30.1 Å². The molecule has 2 heterocycles. The van der Waals surface area contributed by atoms with Gasteiger partial charge >= 0.3 is 0 Å². The van der Waals surface area contributed by atoms with Crippen molar-refractivity contribution in [3.63, 3.8) is 0 Å². The lowest BCUT2D eigenvalue weighted by Crippen LogP contribution is -1.98. The van der Waals surface area contributed by atoms with Gasteiger partial charge in [0.1, 0.15) is 12.9 Å². The average Bonchev–Trinajstić information content (AvgIpc) is 2.58. The van der Waals surface area contributed by atoms with Crippen LogP contribution in [0.3, 0.4) is 0 Å². The Bertz CT molecular complexity index is 219. The lowest BCUT2D eigenvalue weighted by Gasteiger charge is -2.05. The van der Waals surface area contributed by atoms with Crippen molar-refractivity contribution in [1.29, 1.82) is 0 Å². The monoisotopic (exact) mass is 151 g/mol. The van der Waals surface area contributed by atoms with Crippen LogP contribution in [-0.2, 0) is 9.47 Å². The number of hydrogen-bond donors (Lipinski definition) is 0. The summed E-state index contributed by atoms with van der Waals surface area (Å²) in [5, 5.41) is 0. The summed E-state index contributed by atoms with van der Waals surface area (Å²) < 4.78 is 10.4. The van der Waals surface area contributed by atoms with Crippen molar-refractivity contribution >= 4 is 0 Å². The van der Waals surface area contributed by atoms with Crippen LogP contribution in [0.4, 0.5) is 0 Å². The summed E-state index contributed by atoms with van der Waals surface area (Å²) in [4.78, 5) is 3.92. The predicted molar refractivity (Wildman–Crippen MR) is 38.9 cm³/mol. The van der Waals surface area contributed by atoms with Gasteiger partial charge in [-0.3, -0.25) is 4.98 Å². The Morgan fingerprint density at radius 3 is 2.82 bits per heavy atom. The normalized spacial score (nSPS) is 23.8. The summed E-state index contributed by atoms with van der Waals surface area (Å²) >= 11 is 0. The van der Waals surface area contributed by atoms with Crippen LogP contribution in [-0.4, -0.2) is 18.4 Å². The zero-order chi connectivity index (χ0) is 7.52. The minimum absolute atomic E-state index is 0.109. The van der Waals surface area contributed by atoms with Gasteiger partial charge in [-0.15, -0.1) is 0 Å². The van der Waals surface area contributed by atoms with Gasteiger partial charge in [0.2, 0.25) is 0 Å². The molecule has 1 aliphatic heterocycles. The van der Waals surface area contributed by atoms with E-state index in [9.17, 15) is 0 Å². The second kappa shape index (κ2) is 2.98. The molecule has 1 aromatic heterocycles. The molecule has 2 rings (SSSR count). The molecule has 1 aliphatic rings. The molecule has 1 aromatic rings. The summed E-state index contributed by atoms with van der Waals surface area (Å²) in [5.74, 6) is 0. The van der Waals surface area contributed by atoms with Crippen LogP contribution in [0.5, 0.6) is 0 Å². The highest BCUT2D eigenvalue weighted by Gasteiger charge is 2.17. The molecule has 11 heavy (non-hydrogen) atoms. The van der Waals surface area contributed by atoms with Crippen molar-refractivity contribution in [1.82, 2.24) is 4.98 Å². The first-order chi connectivity index (χ1) is 5.47. The Balaban J connectivity index is 2.16.